The number of rotatable bonds is 36. The number of unbranched alkanes of at least 4 members (excludes halogenated alkanes) is 4. The van der Waals surface area contributed by atoms with Crippen molar-refractivity contribution in [2.45, 2.75) is 136 Å². The van der Waals surface area contributed by atoms with Crippen LogP contribution in [0.5, 0.6) is 0 Å². The summed E-state index contributed by atoms with van der Waals surface area (Å²) < 4.78 is 75.2. The summed E-state index contributed by atoms with van der Waals surface area (Å²) in [5.74, 6) is 2.46. The highest BCUT2D eigenvalue weighted by Gasteiger charge is 2.54. The molecular formula is C68H90Br4O12. The van der Waals surface area contributed by atoms with Crippen molar-refractivity contribution >= 4 is 63.7 Å². The van der Waals surface area contributed by atoms with Crippen LogP contribution >= 0.6 is 63.7 Å². The molecule has 2 unspecified atom stereocenters. The lowest BCUT2D eigenvalue weighted by atomic mass is 9.50. The van der Waals surface area contributed by atoms with Crippen LogP contribution in [0.1, 0.15) is 156 Å². The Morgan fingerprint density at radius 3 is 0.750 bits per heavy atom. The second kappa shape index (κ2) is 35.1. The Morgan fingerprint density at radius 1 is 0.310 bits per heavy atom. The Morgan fingerprint density at radius 2 is 0.536 bits per heavy atom. The number of hydrogen-bond acceptors (Lipinski definition) is 12. The zero-order valence-electron chi connectivity index (χ0n) is 49.2. The van der Waals surface area contributed by atoms with Gasteiger partial charge in [0.25, 0.3) is 0 Å². The van der Waals surface area contributed by atoms with E-state index in [1.54, 1.807) is 0 Å². The second-order valence-corrected chi connectivity index (χ2v) is 25.9. The monoisotopic (exact) mass is 1410 g/mol. The molecule has 84 heavy (non-hydrogen) atoms. The van der Waals surface area contributed by atoms with Gasteiger partial charge in [0.15, 0.2) is 25.2 Å². The average Bonchev–Trinajstić information content (AvgIpc) is 1.74. The molecular weight excluding hydrogens is 1330 g/mol. The minimum Gasteiger partial charge on any atom is -0.381 e. The molecule has 3 saturated carbocycles. The summed E-state index contributed by atoms with van der Waals surface area (Å²) >= 11 is 14.6. The summed E-state index contributed by atoms with van der Waals surface area (Å²) in [5.41, 5.74) is 14.8. The van der Waals surface area contributed by atoms with Gasteiger partial charge in [0.05, 0.1) is 79.3 Å². The Hall–Kier alpha value is -1.68. The van der Waals surface area contributed by atoms with E-state index < -0.39 is 0 Å². The first kappa shape index (κ1) is 65.3. The van der Waals surface area contributed by atoms with Crippen LogP contribution in [0.3, 0.4) is 0 Å². The molecule has 0 N–H and O–H groups in total. The maximum atomic E-state index is 6.84. The molecule has 2 bridgehead atoms. The van der Waals surface area contributed by atoms with E-state index >= 15 is 0 Å². The summed E-state index contributed by atoms with van der Waals surface area (Å²) in [7, 11) is 0. The summed E-state index contributed by atoms with van der Waals surface area (Å²) in [6, 6.07) is 26.9. The first-order valence-electron chi connectivity index (χ1n) is 31.5. The SMILES string of the molecule is BrCc1ccc(CCCCOC[C@@H]2C3CCC([C@@H](COCCCCc4ccc(CBr)cc4C4OCCO4)[C@H]3COCCCCc3ccc(CBr)cc3C3OCCO3)[C@@H]2COCCCCc2ccc(CBr)cc2C2OCCO2)c(C2OCCO2)c1. The molecule has 0 aromatic heterocycles. The predicted octanol–water partition coefficient (Wildman–Crippen LogP) is 15.4. The summed E-state index contributed by atoms with van der Waals surface area (Å²) in [6.45, 7) is 11.0. The molecule has 7 fully saturated rings. The van der Waals surface area contributed by atoms with Crippen LogP contribution in [0.15, 0.2) is 72.8 Å². The van der Waals surface area contributed by atoms with Crippen LogP contribution in [0.2, 0.25) is 0 Å². The van der Waals surface area contributed by atoms with E-state index in [4.69, 9.17) is 56.8 Å². The fourth-order valence-corrected chi connectivity index (χ4v) is 15.3. The molecule has 4 aromatic carbocycles. The maximum Gasteiger partial charge on any atom is 0.184 e. The zero-order chi connectivity index (χ0) is 57.7. The molecule has 462 valence electrons. The Balaban J connectivity index is 0.787. The molecule has 6 atom stereocenters. The van der Waals surface area contributed by atoms with Crippen molar-refractivity contribution in [2.75, 3.05) is 106 Å². The topological polar surface area (TPSA) is 111 Å². The van der Waals surface area contributed by atoms with Crippen molar-refractivity contribution in [3.8, 4) is 0 Å². The molecule has 0 radical (unpaired) electrons. The molecule has 11 rings (SSSR count). The Labute approximate surface area is 533 Å². The highest BCUT2D eigenvalue weighted by Crippen LogP contribution is 2.55. The van der Waals surface area contributed by atoms with Gasteiger partial charge in [0.2, 0.25) is 0 Å². The number of aryl methyl sites for hydroxylation is 4. The van der Waals surface area contributed by atoms with Crippen LogP contribution in [0.4, 0.5) is 0 Å². The van der Waals surface area contributed by atoms with Gasteiger partial charge in [-0.1, -0.05) is 112 Å². The van der Waals surface area contributed by atoms with E-state index in [1.807, 2.05) is 0 Å². The molecule has 3 aliphatic carbocycles. The zero-order valence-corrected chi connectivity index (χ0v) is 55.5. The van der Waals surface area contributed by atoms with Crippen molar-refractivity contribution < 1.29 is 56.8 Å². The predicted molar refractivity (Wildman–Crippen MR) is 340 cm³/mol. The molecule has 0 spiro atoms. The third kappa shape index (κ3) is 18.1. The molecule has 7 aliphatic rings. The van der Waals surface area contributed by atoms with Crippen molar-refractivity contribution in [3.63, 3.8) is 0 Å². The smallest absolute Gasteiger partial charge is 0.184 e. The quantitative estimate of drug-likeness (QED) is 0.0319. The lowest BCUT2D eigenvalue weighted by molar-refractivity contribution is -0.156. The Bertz CT molecular complexity index is 2240. The van der Waals surface area contributed by atoms with E-state index in [-0.39, 0.29) is 25.2 Å². The van der Waals surface area contributed by atoms with E-state index in [2.05, 4.69) is 137 Å². The third-order valence-electron chi connectivity index (χ3n) is 18.3. The van der Waals surface area contributed by atoms with Gasteiger partial charge in [-0.05, 0) is 194 Å². The van der Waals surface area contributed by atoms with Gasteiger partial charge in [0.1, 0.15) is 0 Å². The molecule has 0 amide bonds. The van der Waals surface area contributed by atoms with Crippen molar-refractivity contribution in [2.24, 2.45) is 35.5 Å². The van der Waals surface area contributed by atoms with Crippen LogP contribution in [0.25, 0.3) is 0 Å². The largest absolute Gasteiger partial charge is 0.381 e. The van der Waals surface area contributed by atoms with E-state index in [0.717, 1.165) is 173 Å². The maximum absolute atomic E-state index is 6.84. The molecule has 4 aliphatic heterocycles. The summed E-state index contributed by atoms with van der Waals surface area (Å²) in [6.07, 6.45) is 13.2. The van der Waals surface area contributed by atoms with Crippen LogP contribution < -0.4 is 0 Å². The van der Waals surface area contributed by atoms with Gasteiger partial charge in [-0.25, -0.2) is 0 Å². The van der Waals surface area contributed by atoms with Gasteiger partial charge in [0, 0.05) is 70.0 Å². The van der Waals surface area contributed by atoms with Gasteiger partial charge in [-0.2, -0.15) is 0 Å². The first-order valence-corrected chi connectivity index (χ1v) is 35.9. The van der Waals surface area contributed by atoms with Crippen molar-refractivity contribution in [1.29, 1.82) is 0 Å². The van der Waals surface area contributed by atoms with Gasteiger partial charge in [-0.15, -0.1) is 0 Å². The van der Waals surface area contributed by atoms with Gasteiger partial charge >= 0.3 is 0 Å². The number of alkyl halides is 4. The van der Waals surface area contributed by atoms with Crippen LogP contribution in [-0.4, -0.2) is 106 Å². The first-order chi connectivity index (χ1) is 41.5. The number of fused-ring (bicyclic) bond motifs is 3. The van der Waals surface area contributed by atoms with Gasteiger partial charge < -0.3 is 56.8 Å². The van der Waals surface area contributed by atoms with Crippen LogP contribution in [-0.2, 0) is 104 Å². The average molecular weight is 1420 g/mol. The van der Waals surface area contributed by atoms with Crippen LogP contribution in [0, 0.1) is 35.5 Å². The molecule has 12 nitrogen and oxygen atoms in total. The molecule has 4 saturated heterocycles. The second-order valence-electron chi connectivity index (χ2n) is 23.6. The number of halogens is 4. The van der Waals surface area contributed by atoms with E-state index in [0.29, 0.717) is 88.4 Å². The van der Waals surface area contributed by atoms with E-state index in [1.165, 1.54) is 57.3 Å². The minimum absolute atomic E-state index is 0.283. The Kier molecular flexibility index (Phi) is 27.2. The fraction of sp³-hybridized carbons (Fsp3) is 0.647. The number of benzene rings is 4. The lowest BCUT2D eigenvalue weighted by Gasteiger charge is -2.57. The van der Waals surface area contributed by atoms with Crippen molar-refractivity contribution in [1.82, 2.24) is 0 Å². The number of hydrogen-bond donors (Lipinski definition) is 0. The lowest BCUT2D eigenvalue weighted by Crippen LogP contribution is -2.56. The minimum atomic E-state index is -0.283. The summed E-state index contributed by atoms with van der Waals surface area (Å²) in [5, 5.41) is 3.23. The molecule has 16 heteroatoms. The normalized spacial score (nSPS) is 23.3. The fourth-order valence-electron chi connectivity index (χ4n) is 13.9. The van der Waals surface area contributed by atoms with E-state index in [9.17, 15) is 0 Å². The highest BCUT2D eigenvalue weighted by molar-refractivity contribution is 9.09. The standard InChI is InChI=1S/C68H90Br4O12/c69-39-47-13-17-51(57(35-47)65-77-27-28-78-65)9-1-5-23-73-43-61-55-21-22-56(62(61)44-74-24-6-2-10-52-18-14-48(40-70)36-58(52)66-79-29-30-80-66)64(46-76-26-8-4-12-54-20-16-50(42-72)38-60(54)68-83-33-34-84-68)63(55)45-75-25-7-3-11-53-19-15-49(41-71)37-59(53)67-81-31-32-82-67/h13-20,35-38,55-56,61-68H,1-12,21-34,39-46H2/t55?,56?,61-,62+,63+,64-. The third-order valence-corrected chi connectivity index (χ3v) is 20.9. The van der Waals surface area contributed by atoms with Gasteiger partial charge in [-0.3, -0.25) is 0 Å². The highest BCUT2D eigenvalue weighted by atomic mass is 79.9. The molecule has 4 heterocycles. The summed E-state index contributed by atoms with van der Waals surface area (Å²) in [4.78, 5) is 0. The molecule has 4 aromatic rings. The number of ether oxygens (including phenoxy) is 12. The van der Waals surface area contributed by atoms with Crippen molar-refractivity contribution in [3.05, 3.63) is 140 Å².